The lowest BCUT2D eigenvalue weighted by Gasteiger charge is -2.32. The molecule has 0 aliphatic heterocycles. The van der Waals surface area contributed by atoms with Gasteiger partial charge in [0.1, 0.15) is 0 Å². The summed E-state index contributed by atoms with van der Waals surface area (Å²) in [5, 5.41) is 2.76. The van der Waals surface area contributed by atoms with Crippen molar-refractivity contribution in [2.75, 3.05) is 6.54 Å². The number of carbonyl (C=O) groups is 1. The summed E-state index contributed by atoms with van der Waals surface area (Å²) in [5.74, 6) is -2.34. The lowest BCUT2D eigenvalue weighted by molar-refractivity contribution is -0.198. The molecule has 2 nitrogen and oxygen atoms in total. The van der Waals surface area contributed by atoms with Crippen LogP contribution in [0.2, 0.25) is 0 Å². The summed E-state index contributed by atoms with van der Waals surface area (Å²) >= 11 is 3.54. The van der Waals surface area contributed by atoms with Crippen LogP contribution >= 0.6 is 15.9 Å². The molecule has 0 radical (unpaired) electrons. The second kappa shape index (κ2) is 6.67. The maximum absolute atomic E-state index is 13.0. The molecule has 0 bridgehead atoms. The predicted molar refractivity (Wildman–Crippen MR) is 74.6 cm³/mol. The third-order valence-corrected chi connectivity index (χ3v) is 5.40. The van der Waals surface area contributed by atoms with Gasteiger partial charge < -0.3 is 5.32 Å². The van der Waals surface area contributed by atoms with Gasteiger partial charge in [0.15, 0.2) is 0 Å². The van der Waals surface area contributed by atoms with Crippen LogP contribution in [0.5, 0.6) is 0 Å². The van der Waals surface area contributed by atoms with Crippen molar-refractivity contribution in [2.24, 2.45) is 17.8 Å². The maximum atomic E-state index is 13.0. The van der Waals surface area contributed by atoms with Gasteiger partial charge in [-0.2, -0.15) is 13.2 Å². The normalized spacial score (nSPS) is 35.0. The number of alkyl halides is 4. The van der Waals surface area contributed by atoms with Gasteiger partial charge in [-0.1, -0.05) is 28.8 Å². The van der Waals surface area contributed by atoms with Crippen molar-refractivity contribution in [1.82, 2.24) is 5.32 Å². The van der Waals surface area contributed by atoms with E-state index in [9.17, 15) is 18.0 Å². The average Bonchev–Trinajstić information content (AvgIpc) is 2.81. The van der Waals surface area contributed by atoms with Gasteiger partial charge in [-0.05, 0) is 38.0 Å². The highest BCUT2D eigenvalue weighted by atomic mass is 79.9. The molecule has 2 aliphatic carbocycles. The third-order valence-electron chi connectivity index (χ3n) is 4.57. The fourth-order valence-corrected chi connectivity index (χ4v) is 4.20. The quantitative estimate of drug-likeness (QED) is 0.760. The first-order valence-corrected chi connectivity index (χ1v) is 8.28. The molecular formula is C14H21BrF3NO. The highest BCUT2D eigenvalue weighted by Gasteiger charge is 2.48. The molecule has 1 amide bonds. The largest absolute Gasteiger partial charge is 0.392 e. The Hall–Kier alpha value is -0.260. The van der Waals surface area contributed by atoms with Crippen LogP contribution in [0.3, 0.4) is 0 Å². The highest BCUT2D eigenvalue weighted by molar-refractivity contribution is 9.09. The van der Waals surface area contributed by atoms with Crippen molar-refractivity contribution >= 4 is 21.8 Å². The van der Waals surface area contributed by atoms with E-state index >= 15 is 0 Å². The summed E-state index contributed by atoms with van der Waals surface area (Å²) in [4.78, 5) is 12.6. The monoisotopic (exact) mass is 355 g/mol. The van der Waals surface area contributed by atoms with Gasteiger partial charge >= 0.3 is 6.18 Å². The minimum absolute atomic E-state index is 0.0918. The van der Waals surface area contributed by atoms with Crippen molar-refractivity contribution in [3.8, 4) is 0 Å². The number of carbonyl (C=O) groups excluding carboxylic acids is 1. The third kappa shape index (κ3) is 4.12. The van der Waals surface area contributed by atoms with Crippen LogP contribution < -0.4 is 5.32 Å². The molecule has 0 aromatic carbocycles. The molecule has 2 rings (SSSR count). The summed E-state index contributed by atoms with van der Waals surface area (Å²) in [6, 6.07) is 0. The minimum atomic E-state index is -4.25. The van der Waals surface area contributed by atoms with E-state index in [1.165, 1.54) is 0 Å². The minimum Gasteiger partial charge on any atom is -0.356 e. The maximum Gasteiger partial charge on any atom is 0.392 e. The second-order valence-electron chi connectivity index (χ2n) is 6.06. The average molecular weight is 356 g/mol. The van der Waals surface area contributed by atoms with Gasteiger partial charge in [0.2, 0.25) is 5.91 Å². The van der Waals surface area contributed by atoms with E-state index in [2.05, 4.69) is 21.2 Å². The second-order valence-corrected chi connectivity index (χ2v) is 7.36. The Morgan fingerprint density at radius 3 is 2.45 bits per heavy atom. The summed E-state index contributed by atoms with van der Waals surface area (Å²) in [7, 11) is 0. The molecule has 0 spiro atoms. The van der Waals surface area contributed by atoms with Gasteiger partial charge in [-0.15, -0.1) is 0 Å². The van der Waals surface area contributed by atoms with Crippen LogP contribution in [0.4, 0.5) is 13.2 Å². The van der Waals surface area contributed by atoms with Crippen LogP contribution in [0.1, 0.15) is 44.9 Å². The number of hydrogen-bond donors (Lipinski definition) is 1. The lowest BCUT2D eigenvalue weighted by atomic mass is 9.78. The van der Waals surface area contributed by atoms with Crippen LogP contribution in [-0.2, 0) is 4.79 Å². The molecule has 0 aromatic heterocycles. The first-order valence-electron chi connectivity index (χ1n) is 7.36. The summed E-state index contributed by atoms with van der Waals surface area (Å²) in [6.45, 7) is 0.516. The molecule has 0 saturated heterocycles. The number of hydrogen-bond acceptors (Lipinski definition) is 1. The molecule has 2 aliphatic rings. The van der Waals surface area contributed by atoms with E-state index in [0.717, 1.165) is 25.7 Å². The zero-order valence-electron chi connectivity index (χ0n) is 11.4. The molecule has 4 atom stereocenters. The molecule has 4 unspecified atom stereocenters. The Morgan fingerprint density at radius 2 is 1.85 bits per heavy atom. The molecule has 0 heterocycles. The van der Waals surface area contributed by atoms with Crippen molar-refractivity contribution in [3.63, 3.8) is 0 Å². The molecule has 2 saturated carbocycles. The van der Waals surface area contributed by atoms with E-state index in [0.29, 0.717) is 30.1 Å². The highest BCUT2D eigenvalue weighted by Crippen LogP contribution is 2.41. The van der Waals surface area contributed by atoms with Gasteiger partial charge in [-0.3, -0.25) is 4.79 Å². The summed E-state index contributed by atoms with van der Waals surface area (Å²) < 4.78 is 38.9. The molecule has 20 heavy (non-hydrogen) atoms. The Labute approximate surface area is 126 Å². The van der Waals surface area contributed by atoms with E-state index in [-0.39, 0.29) is 6.42 Å². The number of nitrogens with one attached hydrogen (secondary N) is 1. The molecule has 2 fully saturated rings. The fourth-order valence-electron chi connectivity index (χ4n) is 3.41. The Bertz CT molecular complexity index is 348. The van der Waals surface area contributed by atoms with Crippen molar-refractivity contribution < 1.29 is 18.0 Å². The van der Waals surface area contributed by atoms with E-state index in [1.54, 1.807) is 0 Å². The van der Waals surface area contributed by atoms with E-state index in [4.69, 9.17) is 0 Å². The van der Waals surface area contributed by atoms with Crippen molar-refractivity contribution in [3.05, 3.63) is 0 Å². The SMILES string of the molecule is O=C(NCC1CCC(Br)C1)C1CCCCC1C(F)(F)F. The van der Waals surface area contributed by atoms with Gasteiger partial charge in [0, 0.05) is 17.3 Å². The first kappa shape index (κ1) is 16.1. The van der Waals surface area contributed by atoms with Crippen LogP contribution in [0.15, 0.2) is 0 Å². The molecule has 116 valence electrons. The van der Waals surface area contributed by atoms with Gasteiger partial charge in [-0.25, -0.2) is 0 Å². The number of rotatable bonds is 3. The van der Waals surface area contributed by atoms with Crippen LogP contribution in [0.25, 0.3) is 0 Å². The standard InChI is InChI=1S/C14H21BrF3NO/c15-10-6-5-9(7-10)8-19-13(20)11-3-1-2-4-12(11)14(16,17)18/h9-12H,1-8H2,(H,19,20). The van der Waals surface area contributed by atoms with Crippen LogP contribution in [0, 0.1) is 17.8 Å². The van der Waals surface area contributed by atoms with Crippen LogP contribution in [-0.4, -0.2) is 23.5 Å². The predicted octanol–water partition coefficient (Wildman–Crippen LogP) is 4.03. The lowest BCUT2D eigenvalue weighted by Crippen LogP contribution is -2.43. The molecule has 6 heteroatoms. The summed E-state index contributed by atoms with van der Waals surface area (Å²) in [6.07, 6.45) is 0.596. The van der Waals surface area contributed by atoms with Crippen molar-refractivity contribution in [2.45, 2.75) is 55.9 Å². The smallest absolute Gasteiger partial charge is 0.356 e. The fraction of sp³-hybridized carbons (Fsp3) is 0.929. The first-order chi connectivity index (χ1) is 9.38. The Kier molecular flexibility index (Phi) is 5.37. The molecule has 0 aromatic rings. The van der Waals surface area contributed by atoms with Gasteiger partial charge in [0.05, 0.1) is 5.92 Å². The van der Waals surface area contributed by atoms with Crippen molar-refractivity contribution in [1.29, 1.82) is 0 Å². The van der Waals surface area contributed by atoms with E-state index in [1.807, 2.05) is 0 Å². The number of amides is 1. The molecular weight excluding hydrogens is 335 g/mol. The summed E-state index contributed by atoms with van der Waals surface area (Å²) in [5.41, 5.74) is 0. The van der Waals surface area contributed by atoms with E-state index < -0.39 is 23.9 Å². The zero-order valence-corrected chi connectivity index (χ0v) is 13.0. The molecule has 1 N–H and O–H groups in total. The topological polar surface area (TPSA) is 29.1 Å². The Morgan fingerprint density at radius 1 is 1.15 bits per heavy atom. The number of halogens is 4. The Balaban J connectivity index is 1.86. The van der Waals surface area contributed by atoms with Gasteiger partial charge in [0.25, 0.3) is 0 Å². The zero-order chi connectivity index (χ0) is 14.8.